The first-order chi connectivity index (χ1) is 10.6. The summed E-state index contributed by atoms with van der Waals surface area (Å²) in [6.07, 6.45) is 2.62. The number of nitrogens with zero attached hydrogens (tertiary/aromatic N) is 2. The zero-order valence-corrected chi connectivity index (χ0v) is 12.7. The molecule has 0 aromatic heterocycles. The summed E-state index contributed by atoms with van der Waals surface area (Å²) in [6, 6.07) is 7.32. The lowest BCUT2D eigenvalue weighted by Crippen LogP contribution is -2.19. The fourth-order valence-electron chi connectivity index (χ4n) is 1.56. The van der Waals surface area contributed by atoms with Crippen LogP contribution in [0.25, 0.3) is 0 Å². The van der Waals surface area contributed by atoms with E-state index in [1.54, 1.807) is 13.2 Å². The SMILES string of the molecule is COC(=O)/C=C1/S/C(=N/N=C/c2ccccc2OC)NC1=O. The van der Waals surface area contributed by atoms with Crippen molar-refractivity contribution < 1.29 is 19.1 Å². The molecule has 1 aliphatic heterocycles. The van der Waals surface area contributed by atoms with Crippen molar-refractivity contribution in [1.82, 2.24) is 5.32 Å². The highest BCUT2D eigenvalue weighted by Crippen LogP contribution is 2.23. The topological polar surface area (TPSA) is 89.3 Å². The molecule has 0 radical (unpaired) electrons. The molecule has 22 heavy (non-hydrogen) atoms. The molecule has 114 valence electrons. The molecule has 1 aromatic rings. The van der Waals surface area contributed by atoms with Crippen LogP contribution in [0.5, 0.6) is 5.75 Å². The Bertz CT molecular complexity index is 682. The maximum Gasteiger partial charge on any atom is 0.331 e. The molecule has 1 N–H and O–H groups in total. The summed E-state index contributed by atoms with van der Waals surface area (Å²) in [4.78, 5) is 22.9. The van der Waals surface area contributed by atoms with Gasteiger partial charge in [-0.15, -0.1) is 5.10 Å². The number of hydrogen-bond acceptors (Lipinski definition) is 7. The molecule has 1 saturated heterocycles. The number of amides is 1. The van der Waals surface area contributed by atoms with Crippen molar-refractivity contribution in [2.45, 2.75) is 0 Å². The molecule has 1 heterocycles. The van der Waals surface area contributed by atoms with E-state index in [1.165, 1.54) is 13.3 Å². The molecule has 2 rings (SSSR count). The van der Waals surface area contributed by atoms with Crippen LogP contribution >= 0.6 is 11.8 Å². The highest BCUT2D eigenvalue weighted by atomic mass is 32.2. The lowest BCUT2D eigenvalue weighted by Gasteiger charge is -2.01. The average Bonchev–Trinajstić information content (AvgIpc) is 2.87. The molecule has 1 amide bonds. The minimum absolute atomic E-state index is 0.207. The standard InChI is InChI=1S/C14H13N3O4S/c1-20-10-6-4-3-5-9(10)8-15-17-14-16-13(19)11(22-14)7-12(18)21-2/h3-8H,1-2H3,(H,16,17,19)/b11-7+,15-8+. The van der Waals surface area contributed by atoms with Crippen LogP contribution in [0.3, 0.4) is 0 Å². The normalized spacial score (nSPS) is 18.0. The van der Waals surface area contributed by atoms with Crippen molar-refractivity contribution in [2.24, 2.45) is 10.2 Å². The number of para-hydroxylation sites is 1. The summed E-state index contributed by atoms with van der Waals surface area (Å²) >= 11 is 1.01. The van der Waals surface area contributed by atoms with Crippen molar-refractivity contribution in [1.29, 1.82) is 0 Å². The van der Waals surface area contributed by atoms with Gasteiger partial charge in [0.25, 0.3) is 5.91 Å². The van der Waals surface area contributed by atoms with E-state index in [4.69, 9.17) is 4.74 Å². The van der Waals surface area contributed by atoms with Crippen LogP contribution in [0, 0.1) is 0 Å². The maximum absolute atomic E-state index is 11.6. The fraction of sp³-hybridized carbons (Fsp3) is 0.143. The first-order valence-corrected chi connectivity index (χ1v) is 6.98. The number of ether oxygens (including phenoxy) is 2. The van der Waals surface area contributed by atoms with Gasteiger partial charge >= 0.3 is 5.97 Å². The number of amidine groups is 1. The number of rotatable bonds is 4. The third-order valence-corrected chi connectivity index (χ3v) is 3.49. The van der Waals surface area contributed by atoms with Gasteiger partial charge in [-0.25, -0.2) is 4.79 Å². The number of thioether (sulfide) groups is 1. The quantitative estimate of drug-likeness (QED) is 0.391. The third-order valence-electron chi connectivity index (χ3n) is 2.59. The van der Waals surface area contributed by atoms with Crippen molar-refractivity contribution >= 4 is 35.0 Å². The van der Waals surface area contributed by atoms with Crippen molar-refractivity contribution in [3.8, 4) is 5.75 Å². The van der Waals surface area contributed by atoms with Crippen LogP contribution < -0.4 is 10.1 Å². The number of hydrogen-bond donors (Lipinski definition) is 1. The Hall–Kier alpha value is -2.61. The highest BCUT2D eigenvalue weighted by molar-refractivity contribution is 8.18. The number of benzene rings is 1. The van der Waals surface area contributed by atoms with Gasteiger partial charge in [-0.05, 0) is 23.9 Å². The average molecular weight is 319 g/mol. The van der Waals surface area contributed by atoms with Gasteiger partial charge in [0, 0.05) is 11.6 Å². The highest BCUT2D eigenvalue weighted by Gasteiger charge is 2.24. The van der Waals surface area contributed by atoms with Crippen molar-refractivity contribution in [3.05, 3.63) is 40.8 Å². The first-order valence-electron chi connectivity index (χ1n) is 6.17. The summed E-state index contributed by atoms with van der Waals surface area (Å²) < 4.78 is 9.65. The molecule has 1 aromatic carbocycles. The van der Waals surface area contributed by atoms with Crippen LogP contribution in [0.2, 0.25) is 0 Å². The zero-order chi connectivity index (χ0) is 15.9. The second kappa shape index (κ2) is 7.41. The second-order valence-corrected chi connectivity index (χ2v) is 5.01. The molecule has 0 unspecified atom stereocenters. The lowest BCUT2D eigenvalue weighted by molar-refractivity contribution is -0.135. The molecule has 0 atom stereocenters. The summed E-state index contributed by atoms with van der Waals surface area (Å²) in [5.74, 6) is -0.348. The van der Waals surface area contributed by atoms with E-state index in [-0.39, 0.29) is 10.1 Å². The Morgan fingerprint density at radius 2 is 2.09 bits per heavy atom. The van der Waals surface area contributed by atoms with Crippen LogP contribution in [0.1, 0.15) is 5.56 Å². The predicted octanol–water partition coefficient (Wildman–Crippen LogP) is 1.30. The van der Waals surface area contributed by atoms with E-state index in [1.807, 2.05) is 18.2 Å². The third kappa shape index (κ3) is 3.95. The van der Waals surface area contributed by atoms with E-state index in [2.05, 4.69) is 20.3 Å². The minimum Gasteiger partial charge on any atom is -0.496 e. The van der Waals surface area contributed by atoms with E-state index >= 15 is 0 Å². The van der Waals surface area contributed by atoms with Crippen LogP contribution in [-0.4, -0.2) is 37.5 Å². The van der Waals surface area contributed by atoms with E-state index < -0.39 is 11.9 Å². The monoisotopic (exact) mass is 319 g/mol. The van der Waals surface area contributed by atoms with Gasteiger partial charge in [0.1, 0.15) is 5.75 Å². The van der Waals surface area contributed by atoms with E-state index in [0.717, 1.165) is 23.4 Å². The molecular weight excluding hydrogens is 306 g/mol. The first kappa shape index (κ1) is 15.8. The number of esters is 1. The van der Waals surface area contributed by atoms with Gasteiger partial charge in [0.15, 0.2) is 5.17 Å². The molecule has 7 nitrogen and oxygen atoms in total. The molecule has 0 aliphatic carbocycles. The molecule has 1 fully saturated rings. The molecule has 1 aliphatic rings. The van der Waals surface area contributed by atoms with Gasteiger partial charge in [-0.2, -0.15) is 5.10 Å². The van der Waals surface area contributed by atoms with Crippen LogP contribution in [0.4, 0.5) is 0 Å². The number of carbonyl (C=O) groups excluding carboxylic acids is 2. The number of carbonyl (C=O) groups is 2. The lowest BCUT2D eigenvalue weighted by atomic mass is 10.2. The zero-order valence-electron chi connectivity index (χ0n) is 11.9. The predicted molar refractivity (Wildman–Crippen MR) is 83.9 cm³/mol. The smallest absolute Gasteiger partial charge is 0.331 e. The molecular formula is C14H13N3O4S. The summed E-state index contributed by atoms with van der Waals surface area (Å²) in [7, 11) is 2.80. The minimum atomic E-state index is -0.601. The van der Waals surface area contributed by atoms with Crippen molar-refractivity contribution in [3.63, 3.8) is 0 Å². The summed E-state index contributed by atoms with van der Waals surface area (Å²) in [5, 5.41) is 10.6. The largest absolute Gasteiger partial charge is 0.496 e. The number of nitrogens with one attached hydrogen (secondary N) is 1. The van der Waals surface area contributed by atoms with Crippen LogP contribution in [-0.2, 0) is 14.3 Å². The van der Waals surface area contributed by atoms with Gasteiger partial charge in [-0.1, -0.05) is 12.1 Å². The Kier molecular flexibility index (Phi) is 5.31. The van der Waals surface area contributed by atoms with Gasteiger partial charge in [-0.3, -0.25) is 10.1 Å². The van der Waals surface area contributed by atoms with E-state index in [0.29, 0.717) is 5.75 Å². The van der Waals surface area contributed by atoms with Gasteiger partial charge < -0.3 is 9.47 Å². The second-order valence-electron chi connectivity index (χ2n) is 3.98. The van der Waals surface area contributed by atoms with Crippen molar-refractivity contribution in [2.75, 3.05) is 14.2 Å². The molecule has 0 saturated carbocycles. The van der Waals surface area contributed by atoms with Crippen LogP contribution in [0.15, 0.2) is 45.4 Å². The molecule has 0 spiro atoms. The number of methoxy groups -OCH3 is 2. The Balaban J connectivity index is 2.09. The summed E-state index contributed by atoms with van der Waals surface area (Å²) in [5.41, 5.74) is 0.758. The van der Waals surface area contributed by atoms with E-state index in [9.17, 15) is 9.59 Å². The Morgan fingerprint density at radius 1 is 1.32 bits per heavy atom. The van der Waals surface area contributed by atoms with Gasteiger partial charge in [0.05, 0.1) is 25.3 Å². The maximum atomic E-state index is 11.6. The molecule has 0 bridgehead atoms. The van der Waals surface area contributed by atoms with Gasteiger partial charge in [0.2, 0.25) is 0 Å². The Morgan fingerprint density at radius 3 is 2.82 bits per heavy atom. The summed E-state index contributed by atoms with van der Waals surface area (Å²) in [6.45, 7) is 0. The Labute approximate surface area is 131 Å². The fourth-order valence-corrected chi connectivity index (χ4v) is 2.30. The molecule has 8 heteroatoms.